The number of nitrogens with zero attached hydrogens (tertiary/aromatic N) is 1. The molecule has 1 saturated heterocycles. The quantitative estimate of drug-likeness (QED) is 0.506. The van der Waals surface area contributed by atoms with E-state index in [1.807, 2.05) is 32.9 Å². The van der Waals surface area contributed by atoms with E-state index in [-0.39, 0.29) is 28.7 Å². The van der Waals surface area contributed by atoms with Crippen LogP contribution in [-0.2, 0) is 26.8 Å². The summed E-state index contributed by atoms with van der Waals surface area (Å²) in [6.07, 6.45) is 3.30. The number of piperidine rings is 1. The van der Waals surface area contributed by atoms with Crippen molar-refractivity contribution in [3.05, 3.63) is 65.0 Å². The molecule has 202 valence electrons. The maximum Gasteiger partial charge on any atom is 0.254 e. The average molecular weight is 532 g/mol. The predicted molar refractivity (Wildman–Crippen MR) is 145 cm³/mol. The summed E-state index contributed by atoms with van der Waals surface area (Å²) >= 11 is 0. The van der Waals surface area contributed by atoms with E-state index in [0.717, 1.165) is 16.8 Å². The van der Waals surface area contributed by atoms with E-state index in [9.17, 15) is 22.4 Å². The molecule has 0 bridgehead atoms. The fraction of sp³-hybridized carbons (Fsp3) is 0.500. The van der Waals surface area contributed by atoms with Gasteiger partial charge >= 0.3 is 0 Å². The van der Waals surface area contributed by atoms with Crippen LogP contribution >= 0.6 is 0 Å². The van der Waals surface area contributed by atoms with Gasteiger partial charge in [0.25, 0.3) is 5.91 Å². The molecule has 9 heteroatoms. The Kier molecular flexibility index (Phi) is 9.00. The zero-order valence-electron chi connectivity index (χ0n) is 22.3. The Morgan fingerprint density at radius 2 is 1.65 bits per heavy atom. The largest absolute Gasteiger partial charge is 0.380 e. The van der Waals surface area contributed by atoms with E-state index in [2.05, 4.69) is 17.6 Å². The van der Waals surface area contributed by atoms with Crippen LogP contribution in [0.3, 0.4) is 0 Å². The van der Waals surface area contributed by atoms with Crippen LogP contribution in [-0.4, -0.2) is 56.1 Å². The first-order chi connectivity index (χ1) is 17.3. The lowest BCUT2D eigenvalue weighted by atomic mass is 9.88. The number of nitrogens with one attached hydrogen (secondary N) is 2. The molecule has 1 heterocycles. The van der Waals surface area contributed by atoms with Gasteiger partial charge in [-0.3, -0.25) is 9.59 Å². The molecule has 1 aliphatic heterocycles. The van der Waals surface area contributed by atoms with Crippen molar-refractivity contribution < 1.29 is 22.4 Å². The third-order valence-corrected chi connectivity index (χ3v) is 7.77. The summed E-state index contributed by atoms with van der Waals surface area (Å²) in [7, 11) is -3.09. The molecule has 0 saturated carbocycles. The number of carbonyl (C=O) groups is 2. The second-order valence-electron chi connectivity index (χ2n) is 10.6. The van der Waals surface area contributed by atoms with Gasteiger partial charge in [0.2, 0.25) is 5.91 Å². The van der Waals surface area contributed by atoms with E-state index in [1.165, 1.54) is 18.4 Å². The van der Waals surface area contributed by atoms with Gasteiger partial charge in [0.05, 0.1) is 11.3 Å². The van der Waals surface area contributed by atoms with Gasteiger partial charge in [0.15, 0.2) is 9.84 Å². The van der Waals surface area contributed by atoms with Gasteiger partial charge in [-0.2, -0.15) is 0 Å². The molecule has 1 fully saturated rings. The minimum atomic E-state index is -3.09. The lowest BCUT2D eigenvalue weighted by Crippen LogP contribution is -2.56. The second kappa shape index (κ2) is 11.6. The highest BCUT2D eigenvalue weighted by Gasteiger charge is 2.36. The minimum Gasteiger partial charge on any atom is -0.380 e. The number of sulfone groups is 1. The van der Waals surface area contributed by atoms with E-state index in [1.54, 1.807) is 23.1 Å². The Hall–Kier alpha value is -2.94. The van der Waals surface area contributed by atoms with Crippen molar-refractivity contribution in [3.8, 4) is 0 Å². The minimum absolute atomic E-state index is 0.00581. The van der Waals surface area contributed by atoms with Crippen molar-refractivity contribution in [1.29, 1.82) is 0 Å². The first-order valence-corrected chi connectivity index (χ1v) is 14.8. The number of aryl methyl sites for hydroxylation is 1. The van der Waals surface area contributed by atoms with Crippen LogP contribution < -0.4 is 10.6 Å². The standard InChI is InChI=1S/C28H38FN3O4S/c1-6-20-9-12-24(29)23(17-20)26(33)30-25(19(2)3)27(34)32-15-13-28(4,14-16-32)31-22-10-7-21(8-11-22)18-37(5,35)36/h7-12,17,19,25,31H,6,13-16,18H2,1-5H3,(H,30,33). The number of hydrogen-bond donors (Lipinski definition) is 2. The molecule has 2 aromatic rings. The third-order valence-electron chi connectivity index (χ3n) is 6.91. The van der Waals surface area contributed by atoms with Crippen molar-refractivity contribution in [3.63, 3.8) is 0 Å². The molecule has 37 heavy (non-hydrogen) atoms. The van der Waals surface area contributed by atoms with Crippen molar-refractivity contribution in [2.75, 3.05) is 24.7 Å². The number of benzene rings is 2. The van der Waals surface area contributed by atoms with Gasteiger partial charge in [0, 0.05) is 30.6 Å². The van der Waals surface area contributed by atoms with Crippen molar-refractivity contribution >= 4 is 27.3 Å². The fourth-order valence-electron chi connectivity index (χ4n) is 4.58. The van der Waals surface area contributed by atoms with E-state index >= 15 is 0 Å². The molecular formula is C28H38FN3O4S. The van der Waals surface area contributed by atoms with E-state index in [4.69, 9.17) is 0 Å². The van der Waals surface area contributed by atoms with Crippen LogP contribution in [0.2, 0.25) is 0 Å². The first-order valence-electron chi connectivity index (χ1n) is 12.7. The monoisotopic (exact) mass is 531 g/mol. The predicted octanol–water partition coefficient (Wildman–Crippen LogP) is 4.18. The summed E-state index contributed by atoms with van der Waals surface area (Å²) < 4.78 is 37.4. The van der Waals surface area contributed by atoms with Crippen LogP contribution in [0.5, 0.6) is 0 Å². The molecule has 0 aliphatic carbocycles. The first kappa shape index (κ1) is 28.6. The highest BCUT2D eigenvalue weighted by atomic mass is 32.2. The SMILES string of the molecule is CCc1ccc(F)c(C(=O)NC(C(=O)N2CCC(C)(Nc3ccc(CS(C)(=O)=O)cc3)CC2)C(C)C)c1. The molecule has 1 unspecified atom stereocenters. The molecule has 0 radical (unpaired) electrons. The number of anilines is 1. The average Bonchev–Trinajstić information content (AvgIpc) is 2.83. The molecule has 1 atom stereocenters. The number of likely N-dealkylation sites (tertiary alicyclic amines) is 1. The molecule has 3 rings (SSSR count). The van der Waals surface area contributed by atoms with Crippen molar-refractivity contribution in [2.24, 2.45) is 5.92 Å². The molecule has 0 aromatic heterocycles. The Morgan fingerprint density at radius 3 is 2.19 bits per heavy atom. The zero-order chi connectivity index (χ0) is 27.4. The van der Waals surface area contributed by atoms with Gasteiger partial charge in [-0.25, -0.2) is 12.8 Å². The molecule has 2 aromatic carbocycles. The van der Waals surface area contributed by atoms with Crippen LogP contribution in [0, 0.1) is 11.7 Å². The summed E-state index contributed by atoms with van der Waals surface area (Å²) in [4.78, 5) is 28.0. The van der Waals surface area contributed by atoms with Crippen LogP contribution in [0.4, 0.5) is 10.1 Å². The van der Waals surface area contributed by atoms with Crippen molar-refractivity contribution in [1.82, 2.24) is 10.2 Å². The summed E-state index contributed by atoms with van der Waals surface area (Å²) in [5.41, 5.74) is 2.20. The Morgan fingerprint density at radius 1 is 1.05 bits per heavy atom. The molecule has 7 nitrogen and oxygen atoms in total. The Balaban J connectivity index is 1.62. The summed E-state index contributed by atoms with van der Waals surface area (Å²) in [6, 6.07) is 11.1. The van der Waals surface area contributed by atoms with Gasteiger partial charge < -0.3 is 15.5 Å². The Bertz CT molecular complexity index is 1220. The van der Waals surface area contributed by atoms with E-state index < -0.39 is 27.6 Å². The maximum absolute atomic E-state index is 14.3. The van der Waals surface area contributed by atoms with Crippen molar-refractivity contribution in [2.45, 2.75) is 64.3 Å². The summed E-state index contributed by atoms with van der Waals surface area (Å²) in [5, 5.41) is 6.31. The smallest absolute Gasteiger partial charge is 0.254 e. The topological polar surface area (TPSA) is 95.6 Å². The van der Waals surface area contributed by atoms with Gasteiger partial charge in [-0.05, 0) is 67.5 Å². The van der Waals surface area contributed by atoms with Gasteiger partial charge in [0.1, 0.15) is 11.9 Å². The molecule has 1 aliphatic rings. The molecule has 2 amide bonds. The normalized spacial score (nSPS) is 16.4. The maximum atomic E-state index is 14.3. The van der Waals surface area contributed by atoms with Gasteiger partial charge in [-0.15, -0.1) is 0 Å². The number of hydrogen-bond acceptors (Lipinski definition) is 5. The highest BCUT2D eigenvalue weighted by molar-refractivity contribution is 7.89. The lowest BCUT2D eigenvalue weighted by molar-refractivity contribution is -0.135. The second-order valence-corrected chi connectivity index (χ2v) is 12.8. The van der Waals surface area contributed by atoms with Crippen LogP contribution in [0.15, 0.2) is 42.5 Å². The molecular weight excluding hydrogens is 493 g/mol. The number of amides is 2. The van der Waals surface area contributed by atoms with Gasteiger partial charge in [-0.1, -0.05) is 39.0 Å². The third kappa shape index (κ3) is 7.77. The summed E-state index contributed by atoms with van der Waals surface area (Å²) in [6.45, 7) is 8.81. The highest BCUT2D eigenvalue weighted by Crippen LogP contribution is 2.28. The molecule has 2 N–H and O–H groups in total. The summed E-state index contributed by atoms with van der Waals surface area (Å²) in [5.74, 6) is -1.50. The number of halogens is 1. The number of carbonyl (C=O) groups excluding carboxylic acids is 2. The molecule has 0 spiro atoms. The lowest BCUT2D eigenvalue weighted by Gasteiger charge is -2.42. The van der Waals surface area contributed by atoms with Crippen LogP contribution in [0.25, 0.3) is 0 Å². The fourth-order valence-corrected chi connectivity index (χ4v) is 5.37. The zero-order valence-corrected chi connectivity index (χ0v) is 23.1. The Labute approximate surface area is 219 Å². The van der Waals surface area contributed by atoms with E-state index in [0.29, 0.717) is 32.4 Å². The van der Waals surface area contributed by atoms with Crippen LogP contribution in [0.1, 0.15) is 62.0 Å². The number of rotatable bonds is 9.